The lowest BCUT2D eigenvalue weighted by Crippen LogP contribution is -2.55. The fourth-order valence-electron chi connectivity index (χ4n) is 9.09. The number of likely N-dealkylation sites (tertiary alicyclic amines) is 1. The Morgan fingerprint density at radius 3 is 2.65 bits per heavy atom. The summed E-state index contributed by atoms with van der Waals surface area (Å²) in [5.41, 5.74) is 3.18. The summed E-state index contributed by atoms with van der Waals surface area (Å²) in [6.45, 7) is 7.40. The largest absolute Gasteiger partial charge is 0.461 e. The Labute approximate surface area is 304 Å². The first-order valence-corrected chi connectivity index (χ1v) is 18.9. The number of alkyl halides is 1. The van der Waals surface area contributed by atoms with E-state index >= 15 is 0 Å². The molecule has 8 rings (SSSR count). The third kappa shape index (κ3) is 6.86. The molecule has 51 heavy (non-hydrogen) atoms. The quantitative estimate of drug-likeness (QED) is 0.271. The highest BCUT2D eigenvalue weighted by Crippen LogP contribution is 2.40. The molecule has 3 aromatic rings. The molecule has 0 spiro atoms. The van der Waals surface area contributed by atoms with Gasteiger partial charge in [0.2, 0.25) is 5.91 Å². The zero-order valence-electron chi connectivity index (χ0n) is 29.2. The van der Waals surface area contributed by atoms with Gasteiger partial charge >= 0.3 is 6.01 Å². The summed E-state index contributed by atoms with van der Waals surface area (Å²) in [5.74, 6) is 0.735. The van der Waals surface area contributed by atoms with Crippen LogP contribution in [-0.4, -0.2) is 114 Å². The molecule has 268 valence electrons. The maximum Gasteiger partial charge on any atom is 0.318 e. The van der Waals surface area contributed by atoms with E-state index in [4.69, 9.17) is 26.3 Å². The highest BCUT2D eigenvalue weighted by Gasteiger charge is 2.45. The van der Waals surface area contributed by atoms with Crippen LogP contribution in [0.15, 0.2) is 48.6 Å². The molecule has 4 saturated heterocycles. The van der Waals surface area contributed by atoms with Crippen molar-refractivity contribution in [2.75, 3.05) is 75.3 Å². The van der Waals surface area contributed by atoms with Crippen molar-refractivity contribution < 1.29 is 13.9 Å². The smallest absolute Gasteiger partial charge is 0.318 e. The number of piperazine rings is 1. The topological polar surface area (TPSA) is 92.1 Å². The second kappa shape index (κ2) is 14.6. The van der Waals surface area contributed by atoms with Crippen LogP contribution in [0.1, 0.15) is 49.8 Å². The predicted molar refractivity (Wildman–Crippen MR) is 197 cm³/mol. The van der Waals surface area contributed by atoms with Crippen molar-refractivity contribution >= 4 is 39.8 Å². The van der Waals surface area contributed by atoms with Crippen LogP contribution in [0.25, 0.3) is 10.8 Å². The van der Waals surface area contributed by atoms with Crippen molar-refractivity contribution in [2.45, 2.75) is 69.2 Å². The summed E-state index contributed by atoms with van der Waals surface area (Å²) in [4.78, 5) is 34.6. The Morgan fingerprint density at radius 1 is 1.04 bits per heavy atom. The number of hydrogen-bond donors (Lipinski definition) is 0. The van der Waals surface area contributed by atoms with Crippen LogP contribution < -0.4 is 14.5 Å². The lowest BCUT2D eigenvalue weighted by atomic mass is 9.95. The molecule has 2 aromatic carbocycles. The highest BCUT2D eigenvalue weighted by molar-refractivity contribution is 6.36. The second-order valence-electron chi connectivity index (χ2n) is 14.8. The van der Waals surface area contributed by atoms with E-state index in [1.165, 1.54) is 12.8 Å². The normalized spacial score (nSPS) is 23.6. The number of anilines is 2. The molecule has 2 atom stereocenters. The van der Waals surface area contributed by atoms with Crippen LogP contribution in [0.4, 0.5) is 15.9 Å². The number of carbonyl (C=O) groups excluding carboxylic acids is 1. The average molecular weight is 713 g/mol. The number of rotatable bonds is 9. The fraction of sp³-hybridized carbons (Fsp3) is 0.538. The van der Waals surface area contributed by atoms with Crippen LogP contribution in [0.2, 0.25) is 5.02 Å². The summed E-state index contributed by atoms with van der Waals surface area (Å²) in [6.07, 6.45) is 8.78. The van der Waals surface area contributed by atoms with E-state index in [2.05, 4.69) is 45.0 Å². The van der Waals surface area contributed by atoms with Gasteiger partial charge in [-0.15, -0.1) is 0 Å². The van der Waals surface area contributed by atoms with Crippen molar-refractivity contribution in [2.24, 2.45) is 0 Å². The van der Waals surface area contributed by atoms with Crippen molar-refractivity contribution in [3.63, 3.8) is 0 Å². The Hall–Kier alpha value is -3.98. The van der Waals surface area contributed by atoms with Gasteiger partial charge in [-0.1, -0.05) is 41.9 Å². The lowest BCUT2D eigenvalue weighted by molar-refractivity contribution is -0.128. The monoisotopic (exact) mass is 712 g/mol. The lowest BCUT2D eigenvalue weighted by Gasteiger charge is -2.42. The number of nitriles is 1. The van der Waals surface area contributed by atoms with Gasteiger partial charge in [-0.3, -0.25) is 14.6 Å². The van der Waals surface area contributed by atoms with E-state index in [0.29, 0.717) is 64.9 Å². The number of amides is 1. The summed E-state index contributed by atoms with van der Waals surface area (Å²) in [5, 5.41) is 12.7. The third-order valence-corrected chi connectivity index (χ3v) is 12.0. The third-order valence-electron chi connectivity index (χ3n) is 11.7. The molecule has 5 aliphatic rings. The van der Waals surface area contributed by atoms with Crippen molar-refractivity contribution in [3.05, 3.63) is 64.8 Å². The number of ether oxygens (including phenoxy) is 1. The molecule has 0 bridgehead atoms. The van der Waals surface area contributed by atoms with Crippen LogP contribution in [0.5, 0.6) is 6.01 Å². The van der Waals surface area contributed by atoms with Gasteiger partial charge in [0, 0.05) is 68.5 Å². The first kappa shape index (κ1) is 34.1. The number of nitrogens with zero attached hydrogens (tertiary/aromatic N) is 8. The van der Waals surface area contributed by atoms with Crippen LogP contribution in [0, 0.1) is 11.3 Å². The maximum atomic E-state index is 13.6. The van der Waals surface area contributed by atoms with Gasteiger partial charge in [-0.05, 0) is 69.1 Å². The van der Waals surface area contributed by atoms with Gasteiger partial charge in [-0.25, -0.2) is 4.39 Å². The van der Waals surface area contributed by atoms with Gasteiger partial charge in [0.05, 0.1) is 41.3 Å². The van der Waals surface area contributed by atoms with Crippen molar-refractivity contribution in [3.8, 4) is 12.1 Å². The molecule has 0 saturated carbocycles. The number of aromatic nitrogens is 2. The maximum absolute atomic E-state index is 13.6. The van der Waals surface area contributed by atoms with Gasteiger partial charge in [-0.2, -0.15) is 15.2 Å². The Kier molecular flexibility index (Phi) is 9.75. The molecule has 4 fully saturated rings. The van der Waals surface area contributed by atoms with Gasteiger partial charge in [0.1, 0.15) is 18.6 Å². The van der Waals surface area contributed by atoms with Crippen LogP contribution in [0.3, 0.4) is 0 Å². The van der Waals surface area contributed by atoms with Gasteiger partial charge in [0.15, 0.2) is 0 Å². The van der Waals surface area contributed by atoms with Crippen molar-refractivity contribution in [1.82, 2.24) is 24.7 Å². The van der Waals surface area contributed by atoms with E-state index < -0.39 is 6.17 Å². The van der Waals surface area contributed by atoms with Crippen LogP contribution >= 0.6 is 11.6 Å². The number of fused-ring (bicyclic) bond motifs is 3. The van der Waals surface area contributed by atoms with E-state index in [1.807, 2.05) is 28.0 Å². The first-order valence-electron chi connectivity index (χ1n) is 18.6. The molecule has 6 heterocycles. The number of carbonyl (C=O) groups is 1. The van der Waals surface area contributed by atoms with Gasteiger partial charge < -0.3 is 19.4 Å². The summed E-state index contributed by atoms with van der Waals surface area (Å²) in [6, 6.07) is 14.7. The van der Waals surface area contributed by atoms with Crippen LogP contribution in [-0.2, 0) is 17.8 Å². The SMILES string of the molecule is N#CC[C@H]1CN(c2nc(OCC34CCCN3CCC4)nc3c2CCN(c2cccc4cccc(Cl)c24)C3)CCN1C(=O)/C=C/CN1CCC(F)C1. The fourth-order valence-corrected chi connectivity index (χ4v) is 9.37. The Morgan fingerprint density at radius 2 is 1.86 bits per heavy atom. The highest BCUT2D eigenvalue weighted by atomic mass is 35.5. The molecule has 0 aliphatic carbocycles. The standard InChI is InChI=1S/C39H46ClFN8O2/c40-32-8-1-6-28-7-2-9-34(36(28)32)46-21-13-31-33(26-46)43-38(51-27-39-14-4-18-48(39)19-5-15-39)44-37(31)47-22-23-49(30(25-47)11-16-42)35(50)10-3-17-45-20-12-29(41)24-45/h1-3,6-10,29-30H,4-5,11-15,17-27H2/b10-3+/t29?,30-/m0/s1. The number of halogens is 2. The minimum atomic E-state index is -0.791. The minimum Gasteiger partial charge on any atom is -0.461 e. The zero-order valence-corrected chi connectivity index (χ0v) is 29.9. The Balaban J connectivity index is 1.06. The number of benzene rings is 2. The van der Waals surface area contributed by atoms with E-state index in [0.717, 1.165) is 77.5 Å². The molecule has 0 N–H and O–H groups in total. The summed E-state index contributed by atoms with van der Waals surface area (Å²) in [7, 11) is 0. The van der Waals surface area contributed by atoms with E-state index in [-0.39, 0.29) is 23.9 Å². The molecule has 1 aromatic heterocycles. The zero-order chi connectivity index (χ0) is 35.0. The van der Waals surface area contributed by atoms with Gasteiger partial charge in [0.25, 0.3) is 0 Å². The molecular formula is C39H46ClFN8O2. The summed E-state index contributed by atoms with van der Waals surface area (Å²) >= 11 is 6.76. The Bertz CT molecular complexity index is 1830. The molecule has 12 heteroatoms. The molecule has 1 unspecified atom stereocenters. The molecule has 0 radical (unpaired) electrons. The predicted octanol–water partition coefficient (Wildman–Crippen LogP) is 5.38. The molecular weight excluding hydrogens is 667 g/mol. The first-order chi connectivity index (χ1) is 24.9. The number of hydrogen-bond acceptors (Lipinski definition) is 9. The minimum absolute atomic E-state index is 0.0604. The molecule has 1 amide bonds. The molecule has 10 nitrogen and oxygen atoms in total. The molecule has 5 aliphatic heterocycles. The summed E-state index contributed by atoms with van der Waals surface area (Å²) < 4.78 is 20.2. The average Bonchev–Trinajstić information content (AvgIpc) is 3.86. The van der Waals surface area contributed by atoms with E-state index in [9.17, 15) is 14.4 Å². The second-order valence-corrected chi connectivity index (χ2v) is 15.2. The van der Waals surface area contributed by atoms with E-state index in [1.54, 1.807) is 6.08 Å². The van der Waals surface area contributed by atoms with Crippen molar-refractivity contribution in [1.29, 1.82) is 5.26 Å².